The Labute approximate surface area is 131 Å². The van der Waals surface area contributed by atoms with Gasteiger partial charge in [-0.1, -0.05) is 17.7 Å². The van der Waals surface area contributed by atoms with Crippen molar-refractivity contribution in [3.8, 4) is 0 Å². The predicted octanol–water partition coefficient (Wildman–Crippen LogP) is -0.479. The van der Waals surface area contributed by atoms with Crippen molar-refractivity contribution in [2.24, 2.45) is 0 Å². The van der Waals surface area contributed by atoms with Crippen molar-refractivity contribution in [1.29, 1.82) is 0 Å². The van der Waals surface area contributed by atoms with Crippen LogP contribution in [-0.4, -0.2) is 55.0 Å². The Bertz CT molecular complexity index is 620. The second kappa shape index (κ2) is 9.72. The van der Waals surface area contributed by atoms with Gasteiger partial charge >= 0.3 is 5.97 Å². The average molecular weight is 354 g/mol. The number of carbonyl (C=O) groups is 1. The van der Waals surface area contributed by atoms with Gasteiger partial charge in [0.15, 0.2) is 0 Å². The zero-order valence-electron chi connectivity index (χ0n) is 12.8. The molecule has 0 aliphatic rings. The Kier molecular flexibility index (Phi) is 9.18. The molecule has 0 atom stereocenters. The summed E-state index contributed by atoms with van der Waals surface area (Å²) in [5.74, 6) is -0.511. The highest BCUT2D eigenvalue weighted by molar-refractivity contribution is 7.89. The Morgan fingerprint density at radius 2 is 1.68 bits per heavy atom. The van der Waals surface area contributed by atoms with Crippen molar-refractivity contribution >= 4 is 26.0 Å². The lowest BCUT2D eigenvalue weighted by Crippen LogP contribution is -2.27. The highest BCUT2D eigenvalue weighted by Crippen LogP contribution is 2.01. The first-order valence-corrected chi connectivity index (χ1v) is 10.2. The zero-order valence-corrected chi connectivity index (χ0v) is 14.5. The van der Waals surface area contributed by atoms with Gasteiger partial charge in [-0.2, -0.15) is 0 Å². The van der Waals surface area contributed by atoms with Gasteiger partial charge in [0.05, 0.1) is 19.1 Å². The van der Waals surface area contributed by atoms with Crippen molar-refractivity contribution < 1.29 is 26.4 Å². The van der Waals surface area contributed by atoms with Crippen molar-refractivity contribution in [2.45, 2.75) is 13.3 Å². The summed E-state index contributed by atoms with van der Waals surface area (Å²) in [7, 11) is -6.68. The van der Waals surface area contributed by atoms with Crippen LogP contribution in [0.2, 0.25) is 0 Å². The van der Waals surface area contributed by atoms with Crippen molar-refractivity contribution in [2.75, 3.05) is 32.2 Å². The molecule has 0 aromatic carbocycles. The molecule has 0 amide bonds. The van der Waals surface area contributed by atoms with Crippen LogP contribution in [0.1, 0.15) is 13.3 Å². The lowest BCUT2D eigenvalue weighted by molar-refractivity contribution is -0.137. The number of nitrogens with one attached hydrogen (secondary N) is 2. The van der Waals surface area contributed by atoms with Crippen LogP contribution in [0.3, 0.4) is 0 Å². The molecule has 0 aliphatic heterocycles. The molecule has 0 aromatic rings. The maximum atomic E-state index is 11.1. The smallest absolute Gasteiger partial charge is 0.330 e. The molecule has 0 unspecified atom stereocenters. The standard InChI is InChI=1S/C12H22N2O6S2/c1-4-20-12(15)7-5-6-11(10-14-22(3,18)19)8-9-13-21(2,16)17/h5-7,13-14H,4,8-10H2,1-3H3. The number of esters is 1. The van der Waals surface area contributed by atoms with Gasteiger partial charge < -0.3 is 4.74 Å². The van der Waals surface area contributed by atoms with E-state index in [0.29, 0.717) is 12.0 Å². The van der Waals surface area contributed by atoms with Crippen LogP contribution in [0.15, 0.2) is 23.8 Å². The highest BCUT2D eigenvalue weighted by atomic mass is 32.2. The van der Waals surface area contributed by atoms with Crippen molar-refractivity contribution in [3.05, 3.63) is 23.8 Å². The molecule has 0 bridgehead atoms. The highest BCUT2D eigenvalue weighted by Gasteiger charge is 2.05. The molecule has 2 N–H and O–H groups in total. The first kappa shape index (κ1) is 20.8. The van der Waals surface area contributed by atoms with Crippen LogP contribution >= 0.6 is 0 Å². The fourth-order valence-electron chi connectivity index (χ4n) is 1.30. The molecule has 0 aromatic heterocycles. The van der Waals surface area contributed by atoms with E-state index in [9.17, 15) is 21.6 Å². The number of hydrogen-bond donors (Lipinski definition) is 2. The third-order valence-corrected chi connectivity index (χ3v) is 3.62. The van der Waals surface area contributed by atoms with Gasteiger partial charge in [0.25, 0.3) is 0 Å². The Morgan fingerprint density at radius 1 is 1.09 bits per heavy atom. The Hall–Kier alpha value is -1.23. The number of allylic oxidation sites excluding steroid dienone is 2. The van der Waals surface area contributed by atoms with E-state index in [1.807, 2.05) is 0 Å². The molecule has 0 fully saturated rings. The minimum atomic E-state index is -3.37. The van der Waals surface area contributed by atoms with Crippen LogP contribution in [0, 0.1) is 0 Å². The molecule has 8 nitrogen and oxygen atoms in total. The second-order valence-electron chi connectivity index (χ2n) is 4.45. The maximum absolute atomic E-state index is 11.1. The van der Waals surface area contributed by atoms with Crippen LogP contribution in [0.4, 0.5) is 0 Å². The fourth-order valence-corrected chi connectivity index (χ4v) is 2.22. The lowest BCUT2D eigenvalue weighted by atomic mass is 10.2. The first-order chi connectivity index (χ1) is 10.0. The summed E-state index contributed by atoms with van der Waals surface area (Å²) in [6.45, 7) is 2.09. The summed E-state index contributed by atoms with van der Waals surface area (Å²) in [5.41, 5.74) is 0.613. The molecule has 0 saturated heterocycles. The molecule has 0 spiro atoms. The predicted molar refractivity (Wildman–Crippen MR) is 84.2 cm³/mol. The van der Waals surface area contributed by atoms with Crippen molar-refractivity contribution in [1.82, 2.24) is 9.44 Å². The fraction of sp³-hybridized carbons (Fsp3) is 0.583. The van der Waals surface area contributed by atoms with E-state index in [-0.39, 0.29) is 19.7 Å². The monoisotopic (exact) mass is 354 g/mol. The summed E-state index contributed by atoms with van der Waals surface area (Å²) in [6, 6.07) is 0. The molecule has 0 saturated carbocycles. The van der Waals surface area contributed by atoms with Gasteiger partial charge in [0.1, 0.15) is 0 Å². The molecular weight excluding hydrogens is 332 g/mol. The van der Waals surface area contributed by atoms with E-state index < -0.39 is 26.0 Å². The number of rotatable bonds is 10. The van der Waals surface area contributed by atoms with E-state index >= 15 is 0 Å². The van der Waals surface area contributed by atoms with E-state index in [2.05, 4.69) is 9.44 Å². The molecule has 128 valence electrons. The van der Waals surface area contributed by atoms with Crippen LogP contribution in [0.5, 0.6) is 0 Å². The topological polar surface area (TPSA) is 119 Å². The largest absolute Gasteiger partial charge is 0.463 e. The minimum absolute atomic E-state index is 0.0252. The molecule has 0 heterocycles. The molecule has 0 radical (unpaired) electrons. The molecular formula is C12H22N2O6S2. The van der Waals surface area contributed by atoms with Gasteiger partial charge in [0.2, 0.25) is 20.0 Å². The zero-order chi connectivity index (χ0) is 17.2. The summed E-state index contributed by atoms with van der Waals surface area (Å²) >= 11 is 0. The Morgan fingerprint density at radius 3 is 2.18 bits per heavy atom. The van der Waals surface area contributed by atoms with E-state index in [4.69, 9.17) is 4.74 Å². The first-order valence-electron chi connectivity index (χ1n) is 6.45. The number of carbonyl (C=O) groups excluding carboxylic acids is 1. The normalized spacial score (nSPS) is 13.5. The average Bonchev–Trinajstić information content (AvgIpc) is 2.33. The van der Waals surface area contributed by atoms with Crippen molar-refractivity contribution in [3.63, 3.8) is 0 Å². The third kappa shape index (κ3) is 13.7. The SMILES string of the molecule is CCOC(=O)C=CC=C(CCNS(C)(=O)=O)CNS(C)(=O)=O. The number of hydrogen-bond acceptors (Lipinski definition) is 6. The van der Waals surface area contributed by atoms with Gasteiger partial charge in [-0.05, 0) is 13.3 Å². The van der Waals surface area contributed by atoms with Gasteiger partial charge in [-0.15, -0.1) is 0 Å². The van der Waals surface area contributed by atoms with Gasteiger partial charge in [-0.25, -0.2) is 31.1 Å². The Balaban J connectivity index is 4.73. The lowest BCUT2D eigenvalue weighted by Gasteiger charge is -2.08. The van der Waals surface area contributed by atoms with Crippen LogP contribution in [0.25, 0.3) is 0 Å². The number of sulfonamides is 2. The maximum Gasteiger partial charge on any atom is 0.330 e. The minimum Gasteiger partial charge on any atom is -0.463 e. The summed E-state index contributed by atoms with van der Waals surface area (Å²) in [4.78, 5) is 11.1. The van der Waals surface area contributed by atoms with Crippen LogP contribution in [-0.2, 0) is 29.6 Å². The van der Waals surface area contributed by atoms with Crippen LogP contribution < -0.4 is 9.44 Å². The van der Waals surface area contributed by atoms with E-state index in [1.54, 1.807) is 13.0 Å². The van der Waals surface area contributed by atoms with E-state index in [1.165, 1.54) is 12.2 Å². The second-order valence-corrected chi connectivity index (χ2v) is 8.11. The quantitative estimate of drug-likeness (QED) is 0.311. The summed E-state index contributed by atoms with van der Waals surface area (Å²) < 4.78 is 53.5. The summed E-state index contributed by atoms with van der Waals surface area (Å²) in [5, 5.41) is 0. The number of ether oxygens (including phenoxy) is 1. The van der Waals surface area contributed by atoms with E-state index in [0.717, 1.165) is 12.5 Å². The van der Waals surface area contributed by atoms with Gasteiger partial charge in [-0.3, -0.25) is 0 Å². The summed E-state index contributed by atoms with van der Waals surface area (Å²) in [6.07, 6.45) is 6.52. The van der Waals surface area contributed by atoms with Gasteiger partial charge in [0, 0.05) is 19.2 Å². The molecule has 22 heavy (non-hydrogen) atoms. The third-order valence-electron chi connectivity index (χ3n) is 2.22. The molecule has 0 aliphatic carbocycles. The molecule has 0 rings (SSSR count). The molecule has 10 heteroatoms.